The number of fused-ring (bicyclic) bond motifs is 1. The van der Waals surface area contributed by atoms with Gasteiger partial charge in [-0.05, 0) is 67.3 Å². The number of halogens is 3. The summed E-state index contributed by atoms with van der Waals surface area (Å²) in [6.07, 6.45) is -3.94. The molecular formula is C22H20F3NO3. The Labute approximate surface area is 165 Å². The SMILES string of the molecule is C[C@@H](CCO)NC(=O)c1ccc2c(Oc3ccc(C(F)(F)F)cc3)cccc2c1. The molecule has 0 aromatic heterocycles. The fourth-order valence-electron chi connectivity index (χ4n) is 2.90. The van der Waals surface area contributed by atoms with Crippen LogP contribution in [-0.4, -0.2) is 23.7 Å². The molecule has 3 aromatic rings. The summed E-state index contributed by atoms with van der Waals surface area (Å²) in [6, 6.07) is 14.7. The Hall–Kier alpha value is -3.06. The van der Waals surface area contributed by atoms with Crippen molar-refractivity contribution in [1.82, 2.24) is 5.32 Å². The molecule has 0 heterocycles. The van der Waals surface area contributed by atoms with Gasteiger partial charge in [-0.15, -0.1) is 0 Å². The highest BCUT2D eigenvalue weighted by Crippen LogP contribution is 2.33. The van der Waals surface area contributed by atoms with Crippen LogP contribution in [-0.2, 0) is 6.18 Å². The summed E-state index contributed by atoms with van der Waals surface area (Å²) in [5.74, 6) is 0.509. The molecule has 29 heavy (non-hydrogen) atoms. The Morgan fingerprint density at radius 1 is 1.10 bits per heavy atom. The summed E-state index contributed by atoms with van der Waals surface area (Å²) in [5, 5.41) is 13.2. The van der Waals surface area contributed by atoms with Crippen molar-refractivity contribution in [2.45, 2.75) is 25.6 Å². The zero-order chi connectivity index (χ0) is 21.0. The fourth-order valence-corrected chi connectivity index (χ4v) is 2.90. The number of carbonyl (C=O) groups excluding carboxylic acids is 1. The van der Waals surface area contributed by atoms with Crippen molar-refractivity contribution in [2.24, 2.45) is 0 Å². The van der Waals surface area contributed by atoms with Crippen molar-refractivity contribution in [3.8, 4) is 11.5 Å². The molecule has 1 amide bonds. The predicted octanol–water partition coefficient (Wildman–Crippen LogP) is 5.15. The second-order valence-electron chi connectivity index (χ2n) is 6.70. The highest BCUT2D eigenvalue weighted by molar-refractivity contribution is 6.00. The van der Waals surface area contributed by atoms with Gasteiger partial charge >= 0.3 is 6.18 Å². The van der Waals surface area contributed by atoms with E-state index >= 15 is 0 Å². The number of amides is 1. The topological polar surface area (TPSA) is 58.6 Å². The van der Waals surface area contributed by atoms with E-state index in [4.69, 9.17) is 9.84 Å². The first kappa shape index (κ1) is 20.7. The predicted molar refractivity (Wildman–Crippen MR) is 104 cm³/mol. The number of hydrogen-bond donors (Lipinski definition) is 2. The Balaban J connectivity index is 1.82. The summed E-state index contributed by atoms with van der Waals surface area (Å²) in [5.41, 5.74) is -0.275. The highest BCUT2D eigenvalue weighted by atomic mass is 19.4. The number of ether oxygens (including phenoxy) is 1. The minimum atomic E-state index is -4.40. The second-order valence-corrected chi connectivity index (χ2v) is 6.70. The third-order valence-corrected chi connectivity index (χ3v) is 4.45. The summed E-state index contributed by atoms with van der Waals surface area (Å²) in [4.78, 5) is 12.3. The average molecular weight is 403 g/mol. The van der Waals surface area contributed by atoms with Crippen molar-refractivity contribution in [1.29, 1.82) is 0 Å². The third-order valence-electron chi connectivity index (χ3n) is 4.45. The molecule has 0 fully saturated rings. The van der Waals surface area contributed by atoms with Crippen molar-refractivity contribution in [3.05, 3.63) is 71.8 Å². The van der Waals surface area contributed by atoms with E-state index in [1.807, 2.05) is 13.0 Å². The molecule has 0 radical (unpaired) electrons. The van der Waals surface area contributed by atoms with Crippen molar-refractivity contribution in [2.75, 3.05) is 6.61 Å². The first-order valence-corrected chi connectivity index (χ1v) is 9.07. The lowest BCUT2D eigenvalue weighted by atomic mass is 10.1. The lowest BCUT2D eigenvalue weighted by molar-refractivity contribution is -0.137. The summed E-state index contributed by atoms with van der Waals surface area (Å²) in [7, 11) is 0. The Morgan fingerprint density at radius 2 is 1.83 bits per heavy atom. The van der Waals surface area contributed by atoms with Crippen molar-refractivity contribution in [3.63, 3.8) is 0 Å². The number of carbonyl (C=O) groups is 1. The van der Waals surface area contributed by atoms with E-state index in [2.05, 4.69) is 5.32 Å². The maximum absolute atomic E-state index is 12.7. The van der Waals surface area contributed by atoms with Crippen LogP contribution in [0.25, 0.3) is 10.8 Å². The molecule has 0 aliphatic rings. The molecule has 3 rings (SSSR count). The Bertz CT molecular complexity index is 1000. The molecule has 3 aromatic carbocycles. The summed E-state index contributed by atoms with van der Waals surface area (Å²) < 4.78 is 43.8. The number of hydrogen-bond acceptors (Lipinski definition) is 3. The molecule has 0 bridgehead atoms. The maximum Gasteiger partial charge on any atom is 0.416 e. The number of nitrogens with one attached hydrogen (secondary N) is 1. The van der Waals surface area contributed by atoms with Crippen LogP contribution < -0.4 is 10.1 Å². The minimum Gasteiger partial charge on any atom is -0.457 e. The van der Waals surface area contributed by atoms with Gasteiger partial charge in [0.25, 0.3) is 5.91 Å². The number of aliphatic hydroxyl groups is 1. The lowest BCUT2D eigenvalue weighted by Crippen LogP contribution is -2.33. The van der Waals surface area contributed by atoms with E-state index in [1.165, 1.54) is 12.1 Å². The van der Waals surface area contributed by atoms with Crippen LogP contribution in [0.5, 0.6) is 11.5 Å². The van der Waals surface area contributed by atoms with E-state index in [1.54, 1.807) is 30.3 Å². The normalized spacial score (nSPS) is 12.6. The molecule has 0 unspecified atom stereocenters. The maximum atomic E-state index is 12.7. The van der Waals surface area contributed by atoms with Crippen LogP contribution in [0, 0.1) is 0 Å². The molecule has 1 atom stereocenters. The first-order valence-electron chi connectivity index (χ1n) is 9.07. The highest BCUT2D eigenvalue weighted by Gasteiger charge is 2.30. The largest absolute Gasteiger partial charge is 0.457 e. The van der Waals surface area contributed by atoms with Gasteiger partial charge in [-0.25, -0.2) is 0 Å². The van der Waals surface area contributed by atoms with Gasteiger partial charge in [-0.3, -0.25) is 4.79 Å². The van der Waals surface area contributed by atoms with Gasteiger partial charge in [0, 0.05) is 23.6 Å². The molecule has 0 saturated heterocycles. The molecule has 0 aliphatic heterocycles. The number of rotatable bonds is 6. The van der Waals surface area contributed by atoms with Crippen molar-refractivity contribution >= 4 is 16.7 Å². The average Bonchev–Trinajstić information content (AvgIpc) is 2.67. The van der Waals surface area contributed by atoms with Crippen LogP contribution >= 0.6 is 0 Å². The minimum absolute atomic E-state index is 0.0101. The summed E-state index contributed by atoms with van der Waals surface area (Å²) in [6.45, 7) is 1.80. The lowest BCUT2D eigenvalue weighted by Gasteiger charge is -2.14. The zero-order valence-electron chi connectivity index (χ0n) is 15.7. The Kier molecular flexibility index (Phi) is 6.08. The van der Waals surface area contributed by atoms with E-state index in [-0.39, 0.29) is 24.3 Å². The van der Waals surface area contributed by atoms with Gasteiger partial charge in [0.1, 0.15) is 11.5 Å². The van der Waals surface area contributed by atoms with Gasteiger partial charge in [-0.1, -0.05) is 12.1 Å². The van der Waals surface area contributed by atoms with Gasteiger partial charge in [0.2, 0.25) is 0 Å². The van der Waals surface area contributed by atoms with E-state index in [0.29, 0.717) is 17.7 Å². The first-order chi connectivity index (χ1) is 13.8. The van der Waals surface area contributed by atoms with Crippen LogP contribution in [0.4, 0.5) is 13.2 Å². The van der Waals surface area contributed by atoms with E-state index in [9.17, 15) is 18.0 Å². The molecule has 4 nitrogen and oxygen atoms in total. The molecule has 0 spiro atoms. The number of alkyl halides is 3. The third kappa shape index (κ3) is 5.06. The summed E-state index contributed by atoms with van der Waals surface area (Å²) >= 11 is 0. The van der Waals surface area contributed by atoms with E-state index < -0.39 is 11.7 Å². The molecular weight excluding hydrogens is 383 g/mol. The van der Waals surface area contributed by atoms with Crippen LogP contribution in [0.3, 0.4) is 0 Å². The van der Waals surface area contributed by atoms with Crippen LogP contribution in [0.1, 0.15) is 29.3 Å². The molecule has 0 saturated carbocycles. The quantitative estimate of drug-likeness (QED) is 0.598. The van der Waals surface area contributed by atoms with Gasteiger partial charge < -0.3 is 15.2 Å². The van der Waals surface area contributed by atoms with E-state index in [0.717, 1.165) is 22.9 Å². The van der Waals surface area contributed by atoms with Gasteiger partial charge in [0.05, 0.1) is 5.56 Å². The monoisotopic (exact) mass is 403 g/mol. The second kappa shape index (κ2) is 8.53. The van der Waals surface area contributed by atoms with Crippen LogP contribution in [0.15, 0.2) is 60.7 Å². The fraction of sp³-hybridized carbons (Fsp3) is 0.227. The van der Waals surface area contributed by atoms with Gasteiger partial charge in [0.15, 0.2) is 0 Å². The smallest absolute Gasteiger partial charge is 0.416 e. The zero-order valence-corrected chi connectivity index (χ0v) is 15.7. The van der Waals surface area contributed by atoms with Crippen LogP contribution in [0.2, 0.25) is 0 Å². The van der Waals surface area contributed by atoms with Crippen molar-refractivity contribution < 1.29 is 27.8 Å². The number of benzene rings is 3. The molecule has 7 heteroatoms. The number of aliphatic hydroxyl groups excluding tert-OH is 1. The molecule has 2 N–H and O–H groups in total. The Morgan fingerprint density at radius 3 is 2.48 bits per heavy atom. The standard InChI is InChI=1S/C22H20F3NO3/c1-14(11-12-27)26-21(28)16-5-10-19-15(13-16)3-2-4-20(19)29-18-8-6-17(7-9-18)22(23,24)25/h2-10,13-14,27H,11-12H2,1H3,(H,26,28)/t14-/m0/s1. The molecule has 152 valence electrons. The molecule has 0 aliphatic carbocycles. The van der Waals surface area contributed by atoms with Gasteiger partial charge in [-0.2, -0.15) is 13.2 Å².